The van der Waals surface area contributed by atoms with E-state index in [0.29, 0.717) is 0 Å². The summed E-state index contributed by atoms with van der Waals surface area (Å²) in [6.07, 6.45) is 4.00. The molecule has 0 saturated carbocycles. The minimum absolute atomic E-state index is 0.0530. The molecule has 9 heteroatoms. The van der Waals surface area contributed by atoms with Gasteiger partial charge in [-0.15, -0.1) is 0 Å². The zero-order valence-corrected chi connectivity index (χ0v) is 10.6. The molecule has 1 fully saturated rings. The Bertz CT molecular complexity index is 651. The smallest absolute Gasteiger partial charge is 0.401 e. The summed E-state index contributed by atoms with van der Waals surface area (Å²) in [4.78, 5) is 32.7. The third-order valence-electron chi connectivity index (χ3n) is 2.26. The number of nitrogens with one attached hydrogen (secondary N) is 2. The van der Waals surface area contributed by atoms with Crippen molar-refractivity contribution in [3.8, 4) is 0 Å². The third-order valence-corrected chi connectivity index (χ3v) is 2.46. The lowest BCUT2D eigenvalue weighted by atomic mass is 10.2. The standard InChI is InChI=1S/C11H7N3O5S/c15-9-7(10(16)13-11(20)12-9)3-1-2-6-4-5-8(19-6)14(17)18/h1-5H,(H2,12,13,15,16,20). The largest absolute Gasteiger partial charge is 0.433 e. The zero-order valence-electron chi connectivity index (χ0n) is 9.78. The zero-order chi connectivity index (χ0) is 14.7. The third kappa shape index (κ3) is 2.95. The van der Waals surface area contributed by atoms with Crippen LogP contribution in [0.2, 0.25) is 0 Å². The summed E-state index contributed by atoms with van der Waals surface area (Å²) < 4.78 is 4.87. The van der Waals surface area contributed by atoms with Crippen LogP contribution in [0.4, 0.5) is 5.88 Å². The predicted octanol–water partition coefficient (Wildman–Crippen LogP) is 0.658. The van der Waals surface area contributed by atoms with Crippen LogP contribution in [-0.4, -0.2) is 21.9 Å². The molecule has 2 amide bonds. The minimum Gasteiger partial charge on any atom is -0.401 e. The molecule has 0 radical (unpaired) electrons. The quantitative estimate of drug-likeness (QED) is 0.278. The summed E-state index contributed by atoms with van der Waals surface area (Å²) in [6, 6.07) is 2.59. The van der Waals surface area contributed by atoms with E-state index < -0.39 is 22.6 Å². The molecule has 0 unspecified atom stereocenters. The van der Waals surface area contributed by atoms with E-state index in [0.717, 1.165) is 0 Å². The van der Waals surface area contributed by atoms with Gasteiger partial charge in [0.15, 0.2) is 5.11 Å². The lowest BCUT2D eigenvalue weighted by molar-refractivity contribution is -0.402. The number of carbonyl (C=O) groups excluding carboxylic acids is 2. The molecule has 0 aliphatic carbocycles. The van der Waals surface area contributed by atoms with Crippen molar-refractivity contribution < 1.29 is 18.9 Å². The minimum atomic E-state index is -0.668. The van der Waals surface area contributed by atoms with E-state index in [-0.39, 0.29) is 16.4 Å². The van der Waals surface area contributed by atoms with E-state index in [9.17, 15) is 19.7 Å². The second-order valence-corrected chi connectivity index (χ2v) is 4.02. The average Bonchev–Trinajstić information content (AvgIpc) is 2.81. The van der Waals surface area contributed by atoms with Gasteiger partial charge in [-0.05, 0) is 30.4 Å². The van der Waals surface area contributed by atoms with Crippen LogP contribution in [-0.2, 0) is 9.59 Å². The summed E-state index contributed by atoms with van der Waals surface area (Å²) >= 11 is 4.64. The van der Waals surface area contributed by atoms with E-state index in [2.05, 4.69) is 22.9 Å². The summed E-state index contributed by atoms with van der Waals surface area (Å²) in [5.41, 5.74) is -0.129. The fourth-order valence-corrected chi connectivity index (χ4v) is 1.58. The molecule has 0 aromatic carbocycles. The lowest BCUT2D eigenvalue weighted by Crippen LogP contribution is -2.51. The van der Waals surface area contributed by atoms with Crippen LogP contribution in [0.5, 0.6) is 0 Å². The Hall–Kier alpha value is -2.81. The van der Waals surface area contributed by atoms with E-state index in [1.807, 2.05) is 0 Å². The van der Waals surface area contributed by atoms with Gasteiger partial charge in [0.1, 0.15) is 16.3 Å². The Morgan fingerprint density at radius 3 is 2.45 bits per heavy atom. The maximum Gasteiger partial charge on any atom is 0.433 e. The number of thiocarbonyl (C=S) groups is 1. The van der Waals surface area contributed by atoms with Crippen LogP contribution < -0.4 is 10.6 Å². The highest BCUT2D eigenvalue weighted by Gasteiger charge is 2.24. The molecule has 2 rings (SSSR count). The topological polar surface area (TPSA) is 114 Å². The average molecular weight is 293 g/mol. The Labute approximate surface area is 117 Å². The molecule has 1 saturated heterocycles. The molecule has 1 aliphatic heterocycles. The second kappa shape index (κ2) is 5.45. The molecule has 20 heavy (non-hydrogen) atoms. The number of carbonyl (C=O) groups is 2. The van der Waals surface area contributed by atoms with Gasteiger partial charge < -0.3 is 4.42 Å². The molecule has 1 aromatic rings. The molecular weight excluding hydrogens is 286 g/mol. The Morgan fingerprint density at radius 2 is 1.90 bits per heavy atom. The Kier molecular flexibility index (Phi) is 3.71. The van der Waals surface area contributed by atoms with Gasteiger partial charge in [0, 0.05) is 0 Å². The molecule has 0 spiro atoms. The number of nitrogens with zero attached hydrogens (tertiary/aromatic N) is 1. The van der Waals surface area contributed by atoms with E-state index in [1.54, 1.807) is 0 Å². The predicted molar refractivity (Wildman–Crippen MR) is 71.4 cm³/mol. The van der Waals surface area contributed by atoms with Gasteiger partial charge in [-0.3, -0.25) is 30.3 Å². The summed E-state index contributed by atoms with van der Waals surface area (Å²) in [7, 11) is 0. The van der Waals surface area contributed by atoms with Gasteiger partial charge in [-0.1, -0.05) is 6.08 Å². The van der Waals surface area contributed by atoms with E-state index in [1.165, 1.54) is 30.4 Å². The first-order valence-electron chi connectivity index (χ1n) is 5.26. The van der Waals surface area contributed by atoms with Gasteiger partial charge in [0.2, 0.25) is 0 Å². The van der Waals surface area contributed by atoms with Crippen molar-refractivity contribution >= 4 is 41.1 Å². The van der Waals surface area contributed by atoms with Crippen molar-refractivity contribution in [1.82, 2.24) is 10.6 Å². The highest BCUT2D eigenvalue weighted by atomic mass is 32.1. The van der Waals surface area contributed by atoms with Crippen LogP contribution in [0.1, 0.15) is 5.76 Å². The number of hydrogen-bond acceptors (Lipinski definition) is 6. The van der Waals surface area contributed by atoms with Crippen LogP contribution in [0, 0.1) is 10.1 Å². The fourth-order valence-electron chi connectivity index (χ4n) is 1.40. The van der Waals surface area contributed by atoms with Crippen LogP contribution in [0.25, 0.3) is 6.08 Å². The maximum absolute atomic E-state index is 11.5. The highest BCUT2D eigenvalue weighted by Crippen LogP contribution is 2.16. The van der Waals surface area contributed by atoms with Crippen molar-refractivity contribution in [2.24, 2.45) is 0 Å². The lowest BCUT2D eigenvalue weighted by Gasteiger charge is -2.15. The van der Waals surface area contributed by atoms with Crippen LogP contribution in [0.15, 0.2) is 34.3 Å². The van der Waals surface area contributed by atoms with Crippen molar-refractivity contribution in [1.29, 1.82) is 0 Å². The fraction of sp³-hybridized carbons (Fsp3) is 0. The highest BCUT2D eigenvalue weighted by molar-refractivity contribution is 7.80. The molecule has 2 heterocycles. The summed E-state index contributed by atoms with van der Waals surface area (Å²) in [6.45, 7) is 0. The first-order chi connectivity index (χ1) is 9.47. The Morgan fingerprint density at radius 1 is 1.25 bits per heavy atom. The van der Waals surface area contributed by atoms with Gasteiger partial charge in [-0.2, -0.15) is 0 Å². The van der Waals surface area contributed by atoms with E-state index in [4.69, 9.17) is 4.42 Å². The first kappa shape index (κ1) is 13.6. The van der Waals surface area contributed by atoms with Gasteiger partial charge in [0.25, 0.3) is 11.8 Å². The van der Waals surface area contributed by atoms with Crippen LogP contribution >= 0.6 is 12.2 Å². The summed E-state index contributed by atoms with van der Waals surface area (Å²) in [5, 5.41) is 14.9. The molecule has 2 N–H and O–H groups in total. The normalized spacial score (nSPS) is 15.2. The van der Waals surface area contributed by atoms with Crippen molar-refractivity contribution in [2.75, 3.05) is 0 Å². The molecule has 0 bridgehead atoms. The SMILES string of the molecule is O=C1NC(=S)NC(=O)C1=CC=Cc1ccc([N+](=O)[O-])o1. The number of allylic oxidation sites excluding steroid dienone is 2. The first-order valence-corrected chi connectivity index (χ1v) is 5.67. The van der Waals surface area contributed by atoms with Gasteiger partial charge in [-0.25, -0.2) is 0 Å². The van der Waals surface area contributed by atoms with Crippen molar-refractivity contribution in [2.45, 2.75) is 0 Å². The van der Waals surface area contributed by atoms with Crippen LogP contribution in [0.3, 0.4) is 0 Å². The molecule has 1 aromatic heterocycles. The molecule has 0 atom stereocenters. The van der Waals surface area contributed by atoms with Gasteiger partial charge in [0.05, 0.1) is 6.07 Å². The number of nitro groups is 1. The number of amides is 2. The number of hydrogen-bond donors (Lipinski definition) is 2. The van der Waals surface area contributed by atoms with Crippen molar-refractivity contribution in [3.63, 3.8) is 0 Å². The number of rotatable bonds is 3. The molecule has 8 nitrogen and oxygen atoms in total. The molecule has 102 valence electrons. The summed E-state index contributed by atoms with van der Waals surface area (Å²) in [5.74, 6) is -1.40. The van der Waals surface area contributed by atoms with Gasteiger partial charge >= 0.3 is 5.88 Å². The van der Waals surface area contributed by atoms with E-state index >= 15 is 0 Å². The second-order valence-electron chi connectivity index (χ2n) is 3.61. The Balaban J connectivity index is 2.13. The maximum atomic E-state index is 11.5. The number of furan rings is 1. The monoisotopic (exact) mass is 293 g/mol. The van der Waals surface area contributed by atoms with Crippen molar-refractivity contribution in [3.05, 3.63) is 45.7 Å². The molecule has 1 aliphatic rings. The molecular formula is C11H7N3O5S.